The fraction of sp³-hybridized carbons (Fsp3) is 0.533. The molecule has 1 aliphatic rings. The maximum atomic E-state index is 11.9. The van der Waals surface area contributed by atoms with Gasteiger partial charge in [-0.1, -0.05) is 25.5 Å². The molecule has 0 radical (unpaired) electrons. The standard InChI is InChI=1S/C15H22N2O/c1-2-3-5-12-7-9-13(10-8-12)17-15(18)14-6-4-11-16-14/h7-10,14,16H,2-6,11H2,1H3,(H,17,18). The molecule has 0 bridgehead atoms. The summed E-state index contributed by atoms with van der Waals surface area (Å²) in [4.78, 5) is 11.9. The van der Waals surface area contributed by atoms with Gasteiger partial charge in [-0.3, -0.25) is 4.79 Å². The molecular formula is C15H22N2O. The monoisotopic (exact) mass is 246 g/mol. The molecule has 0 spiro atoms. The molecule has 2 rings (SSSR count). The van der Waals surface area contributed by atoms with Crippen molar-refractivity contribution in [2.24, 2.45) is 0 Å². The summed E-state index contributed by atoms with van der Waals surface area (Å²) in [6.45, 7) is 3.15. The quantitative estimate of drug-likeness (QED) is 0.838. The molecule has 2 N–H and O–H groups in total. The predicted octanol–water partition coefficient (Wildman–Crippen LogP) is 2.72. The Labute approximate surface area is 109 Å². The smallest absolute Gasteiger partial charge is 0.241 e. The number of anilines is 1. The number of nitrogens with one attached hydrogen (secondary N) is 2. The molecule has 3 heteroatoms. The molecule has 3 nitrogen and oxygen atoms in total. The van der Waals surface area contributed by atoms with Crippen LogP contribution in [-0.2, 0) is 11.2 Å². The lowest BCUT2D eigenvalue weighted by molar-refractivity contribution is -0.117. The van der Waals surface area contributed by atoms with Crippen molar-refractivity contribution in [1.29, 1.82) is 0 Å². The van der Waals surface area contributed by atoms with Crippen LogP contribution in [0.5, 0.6) is 0 Å². The third-order valence-electron chi connectivity index (χ3n) is 3.42. The maximum absolute atomic E-state index is 11.9. The van der Waals surface area contributed by atoms with Gasteiger partial charge in [0.1, 0.15) is 0 Å². The van der Waals surface area contributed by atoms with Crippen LogP contribution in [0.1, 0.15) is 38.2 Å². The summed E-state index contributed by atoms with van der Waals surface area (Å²) < 4.78 is 0. The van der Waals surface area contributed by atoms with Gasteiger partial charge in [0, 0.05) is 5.69 Å². The zero-order valence-electron chi connectivity index (χ0n) is 11.0. The van der Waals surface area contributed by atoms with Crippen LogP contribution in [0.15, 0.2) is 24.3 Å². The first-order valence-corrected chi connectivity index (χ1v) is 6.93. The Bertz CT molecular complexity index is 380. The van der Waals surface area contributed by atoms with E-state index in [1.807, 2.05) is 12.1 Å². The van der Waals surface area contributed by atoms with E-state index in [0.29, 0.717) is 0 Å². The van der Waals surface area contributed by atoms with Gasteiger partial charge in [0.2, 0.25) is 5.91 Å². The molecule has 0 aromatic heterocycles. The molecule has 1 aliphatic heterocycles. The number of amides is 1. The average Bonchev–Trinajstić information content (AvgIpc) is 2.92. The fourth-order valence-electron chi connectivity index (χ4n) is 2.27. The molecule has 1 amide bonds. The molecule has 0 aliphatic carbocycles. The lowest BCUT2D eigenvalue weighted by atomic mass is 10.1. The van der Waals surface area contributed by atoms with Crippen LogP contribution in [0.25, 0.3) is 0 Å². The average molecular weight is 246 g/mol. The summed E-state index contributed by atoms with van der Waals surface area (Å²) in [5, 5.41) is 6.17. The van der Waals surface area contributed by atoms with E-state index in [-0.39, 0.29) is 11.9 Å². The van der Waals surface area contributed by atoms with Gasteiger partial charge in [0.15, 0.2) is 0 Å². The van der Waals surface area contributed by atoms with Gasteiger partial charge in [0.25, 0.3) is 0 Å². The minimum Gasteiger partial charge on any atom is -0.325 e. The highest BCUT2D eigenvalue weighted by Gasteiger charge is 2.21. The largest absolute Gasteiger partial charge is 0.325 e. The Morgan fingerprint density at radius 2 is 2.17 bits per heavy atom. The molecular weight excluding hydrogens is 224 g/mol. The predicted molar refractivity (Wildman–Crippen MR) is 74.7 cm³/mol. The second kappa shape index (κ2) is 6.55. The number of hydrogen-bond acceptors (Lipinski definition) is 2. The topological polar surface area (TPSA) is 41.1 Å². The van der Waals surface area contributed by atoms with Crippen molar-refractivity contribution in [1.82, 2.24) is 5.32 Å². The first-order valence-electron chi connectivity index (χ1n) is 6.93. The van der Waals surface area contributed by atoms with E-state index in [4.69, 9.17) is 0 Å². The summed E-state index contributed by atoms with van der Waals surface area (Å²) in [5.41, 5.74) is 2.24. The Balaban J connectivity index is 1.87. The second-order valence-electron chi connectivity index (χ2n) is 4.94. The van der Waals surface area contributed by atoms with Crippen LogP contribution in [0.2, 0.25) is 0 Å². The van der Waals surface area contributed by atoms with Crippen LogP contribution in [0.4, 0.5) is 5.69 Å². The third kappa shape index (κ3) is 3.57. The van der Waals surface area contributed by atoms with Crippen LogP contribution < -0.4 is 10.6 Å². The van der Waals surface area contributed by atoms with Gasteiger partial charge >= 0.3 is 0 Å². The molecule has 1 atom stereocenters. The number of rotatable bonds is 5. The number of aryl methyl sites for hydroxylation is 1. The van der Waals surface area contributed by atoms with E-state index in [1.165, 1.54) is 18.4 Å². The molecule has 1 fully saturated rings. The van der Waals surface area contributed by atoms with Crippen molar-refractivity contribution in [3.8, 4) is 0 Å². The summed E-state index contributed by atoms with van der Waals surface area (Å²) in [6.07, 6.45) is 5.59. The summed E-state index contributed by atoms with van der Waals surface area (Å²) in [7, 11) is 0. The van der Waals surface area contributed by atoms with Gasteiger partial charge in [0.05, 0.1) is 6.04 Å². The van der Waals surface area contributed by atoms with Gasteiger partial charge in [-0.05, 0) is 49.9 Å². The van der Waals surface area contributed by atoms with Gasteiger partial charge < -0.3 is 10.6 Å². The van der Waals surface area contributed by atoms with Crippen LogP contribution in [-0.4, -0.2) is 18.5 Å². The third-order valence-corrected chi connectivity index (χ3v) is 3.42. The highest BCUT2D eigenvalue weighted by molar-refractivity contribution is 5.95. The van der Waals surface area contributed by atoms with Crippen LogP contribution >= 0.6 is 0 Å². The van der Waals surface area contributed by atoms with Crippen LogP contribution in [0, 0.1) is 0 Å². The van der Waals surface area contributed by atoms with Crippen molar-refractivity contribution < 1.29 is 4.79 Å². The van der Waals surface area contributed by atoms with Crippen molar-refractivity contribution in [2.75, 3.05) is 11.9 Å². The number of hydrogen-bond donors (Lipinski definition) is 2. The molecule has 0 saturated carbocycles. The Kier molecular flexibility index (Phi) is 4.76. The number of unbranched alkanes of at least 4 members (excludes halogenated alkanes) is 1. The Hall–Kier alpha value is -1.35. The Morgan fingerprint density at radius 1 is 1.39 bits per heavy atom. The SMILES string of the molecule is CCCCc1ccc(NC(=O)C2CCCN2)cc1. The highest BCUT2D eigenvalue weighted by Crippen LogP contribution is 2.13. The molecule has 98 valence electrons. The normalized spacial score (nSPS) is 18.8. The molecule has 1 unspecified atom stereocenters. The van der Waals surface area contributed by atoms with Gasteiger partial charge in [-0.15, -0.1) is 0 Å². The van der Waals surface area contributed by atoms with Gasteiger partial charge in [-0.2, -0.15) is 0 Å². The minimum atomic E-state index is -0.00947. The van der Waals surface area contributed by atoms with Gasteiger partial charge in [-0.25, -0.2) is 0 Å². The second-order valence-corrected chi connectivity index (χ2v) is 4.94. The first-order chi connectivity index (χ1) is 8.79. The highest BCUT2D eigenvalue weighted by atomic mass is 16.2. The van der Waals surface area contributed by atoms with E-state index < -0.39 is 0 Å². The van der Waals surface area contributed by atoms with E-state index in [0.717, 1.165) is 31.5 Å². The zero-order valence-corrected chi connectivity index (χ0v) is 11.0. The minimum absolute atomic E-state index is 0.00947. The molecule has 1 aromatic carbocycles. The number of carbonyl (C=O) groups is 1. The number of carbonyl (C=O) groups excluding carboxylic acids is 1. The lowest BCUT2D eigenvalue weighted by Gasteiger charge is -2.11. The van der Waals surface area contributed by atoms with E-state index in [1.54, 1.807) is 0 Å². The van der Waals surface area contributed by atoms with Crippen molar-refractivity contribution >= 4 is 11.6 Å². The Morgan fingerprint density at radius 3 is 2.78 bits per heavy atom. The maximum Gasteiger partial charge on any atom is 0.241 e. The summed E-state index contributed by atoms with van der Waals surface area (Å²) in [6, 6.07) is 8.20. The van der Waals surface area contributed by atoms with Crippen LogP contribution in [0.3, 0.4) is 0 Å². The lowest BCUT2D eigenvalue weighted by Crippen LogP contribution is -2.35. The number of benzene rings is 1. The first kappa shape index (κ1) is 13.1. The summed E-state index contributed by atoms with van der Waals surface area (Å²) in [5.74, 6) is 0.0915. The van der Waals surface area contributed by atoms with E-state index in [2.05, 4.69) is 29.7 Å². The molecule has 1 aromatic rings. The van der Waals surface area contributed by atoms with Crippen molar-refractivity contribution in [3.05, 3.63) is 29.8 Å². The summed E-state index contributed by atoms with van der Waals surface area (Å²) >= 11 is 0. The van der Waals surface area contributed by atoms with Crippen molar-refractivity contribution in [3.63, 3.8) is 0 Å². The van der Waals surface area contributed by atoms with Crippen molar-refractivity contribution in [2.45, 2.75) is 45.1 Å². The van der Waals surface area contributed by atoms with E-state index in [9.17, 15) is 4.79 Å². The fourth-order valence-corrected chi connectivity index (χ4v) is 2.27. The van der Waals surface area contributed by atoms with E-state index >= 15 is 0 Å². The molecule has 1 saturated heterocycles. The molecule has 1 heterocycles. The molecule has 18 heavy (non-hydrogen) atoms. The zero-order chi connectivity index (χ0) is 12.8.